The smallest absolute Gasteiger partial charge is 0.258 e. The number of para-hydroxylation sites is 1. The first-order valence-corrected chi connectivity index (χ1v) is 10.2. The largest absolute Gasteiger partial charge is 0.335 e. The van der Waals surface area contributed by atoms with Crippen LogP contribution >= 0.6 is 23.4 Å². The highest BCUT2D eigenvalue weighted by Crippen LogP contribution is 2.17. The maximum atomic E-state index is 12.5. The minimum Gasteiger partial charge on any atom is -0.335 e. The van der Waals surface area contributed by atoms with Gasteiger partial charge in [-0.15, -0.1) is 11.8 Å². The van der Waals surface area contributed by atoms with Crippen LogP contribution in [0.4, 0.5) is 0 Å². The van der Waals surface area contributed by atoms with E-state index in [9.17, 15) is 9.59 Å². The molecule has 0 aliphatic heterocycles. The zero-order valence-electron chi connectivity index (χ0n) is 14.9. The summed E-state index contributed by atoms with van der Waals surface area (Å²) in [6.07, 6.45) is 0. The second-order valence-corrected chi connectivity index (χ2v) is 7.48. The van der Waals surface area contributed by atoms with Crippen molar-refractivity contribution in [1.29, 1.82) is 0 Å². The predicted molar refractivity (Wildman–Crippen MR) is 111 cm³/mol. The van der Waals surface area contributed by atoms with E-state index < -0.39 is 0 Å². The van der Waals surface area contributed by atoms with Crippen molar-refractivity contribution >= 4 is 40.2 Å². The molecular formula is C20H20ClN3O2S. The summed E-state index contributed by atoms with van der Waals surface area (Å²) in [7, 11) is 0. The predicted octanol–water partition coefficient (Wildman–Crippen LogP) is 3.86. The fraction of sp³-hybridized carbons (Fsp3) is 0.250. The number of amides is 1. The average Bonchev–Trinajstić information content (AvgIpc) is 2.66. The quantitative estimate of drug-likeness (QED) is 0.652. The van der Waals surface area contributed by atoms with Gasteiger partial charge in [0.2, 0.25) is 5.91 Å². The Balaban J connectivity index is 1.62. The van der Waals surface area contributed by atoms with Gasteiger partial charge in [-0.1, -0.05) is 35.9 Å². The lowest BCUT2D eigenvalue weighted by molar-refractivity contribution is -0.128. The number of aromatic amines is 1. The van der Waals surface area contributed by atoms with Crippen LogP contribution in [0.1, 0.15) is 18.3 Å². The maximum absolute atomic E-state index is 12.5. The van der Waals surface area contributed by atoms with Gasteiger partial charge in [0.15, 0.2) is 0 Å². The number of halogens is 1. The number of H-pyrrole nitrogens is 1. The number of nitrogens with one attached hydrogen (secondary N) is 1. The van der Waals surface area contributed by atoms with Crippen molar-refractivity contribution in [3.05, 3.63) is 75.3 Å². The van der Waals surface area contributed by atoms with E-state index in [0.717, 1.165) is 11.3 Å². The zero-order chi connectivity index (χ0) is 19.2. The molecule has 27 heavy (non-hydrogen) atoms. The Morgan fingerprint density at radius 1 is 1.22 bits per heavy atom. The molecule has 1 N–H and O–H groups in total. The molecule has 0 saturated carbocycles. The number of carbonyl (C=O) groups excluding carboxylic acids is 1. The molecule has 1 amide bonds. The summed E-state index contributed by atoms with van der Waals surface area (Å²) in [5.41, 5.74) is 1.54. The van der Waals surface area contributed by atoms with E-state index in [1.54, 1.807) is 34.9 Å². The highest BCUT2D eigenvalue weighted by atomic mass is 35.5. The van der Waals surface area contributed by atoms with Crippen molar-refractivity contribution in [2.75, 3.05) is 12.3 Å². The van der Waals surface area contributed by atoms with Gasteiger partial charge in [0, 0.05) is 17.3 Å². The Morgan fingerprint density at radius 2 is 2.04 bits per heavy atom. The number of rotatable bonds is 7. The van der Waals surface area contributed by atoms with Gasteiger partial charge in [-0.3, -0.25) is 9.59 Å². The van der Waals surface area contributed by atoms with Crippen molar-refractivity contribution in [2.24, 2.45) is 0 Å². The number of nitrogens with zero attached hydrogens (tertiary/aromatic N) is 2. The lowest BCUT2D eigenvalue weighted by Gasteiger charge is -2.20. The highest BCUT2D eigenvalue weighted by Gasteiger charge is 2.14. The molecule has 1 heterocycles. The lowest BCUT2D eigenvalue weighted by Crippen LogP contribution is -2.33. The van der Waals surface area contributed by atoms with Crippen LogP contribution in [0.25, 0.3) is 10.9 Å². The summed E-state index contributed by atoms with van der Waals surface area (Å²) in [4.78, 5) is 33.7. The Labute approximate surface area is 166 Å². The SMILES string of the molecule is CCN(Cc1nc2ccccc2c(=O)[nH]1)C(=O)CSCc1cccc(Cl)c1. The third-order valence-corrected chi connectivity index (χ3v) is 5.34. The number of hydrogen-bond acceptors (Lipinski definition) is 4. The molecule has 0 fully saturated rings. The van der Waals surface area contributed by atoms with E-state index in [2.05, 4.69) is 9.97 Å². The van der Waals surface area contributed by atoms with Crippen molar-refractivity contribution < 1.29 is 4.79 Å². The molecule has 1 aromatic heterocycles. The molecule has 0 aliphatic carbocycles. The number of aromatic nitrogens is 2. The number of carbonyl (C=O) groups is 1. The number of thioether (sulfide) groups is 1. The first-order chi connectivity index (χ1) is 13.1. The van der Waals surface area contributed by atoms with Crippen LogP contribution in [-0.2, 0) is 17.1 Å². The molecule has 2 aromatic carbocycles. The Kier molecular flexibility index (Phi) is 6.53. The molecule has 3 aromatic rings. The topological polar surface area (TPSA) is 66.1 Å². The van der Waals surface area contributed by atoms with Gasteiger partial charge in [0.25, 0.3) is 5.56 Å². The minimum absolute atomic E-state index is 0.0142. The summed E-state index contributed by atoms with van der Waals surface area (Å²) in [5.74, 6) is 1.58. The first-order valence-electron chi connectivity index (χ1n) is 8.64. The number of hydrogen-bond donors (Lipinski definition) is 1. The van der Waals surface area contributed by atoms with Crippen LogP contribution in [0, 0.1) is 0 Å². The van der Waals surface area contributed by atoms with Crippen LogP contribution in [0.3, 0.4) is 0 Å². The fourth-order valence-corrected chi connectivity index (χ4v) is 3.83. The summed E-state index contributed by atoms with van der Waals surface area (Å²) in [5, 5.41) is 1.24. The van der Waals surface area contributed by atoms with Crippen LogP contribution in [0.15, 0.2) is 53.3 Å². The summed E-state index contributed by atoms with van der Waals surface area (Å²) in [6.45, 7) is 2.75. The zero-order valence-corrected chi connectivity index (χ0v) is 16.5. The van der Waals surface area contributed by atoms with Crippen LogP contribution in [-0.4, -0.2) is 33.1 Å². The van der Waals surface area contributed by atoms with E-state index in [-0.39, 0.29) is 18.0 Å². The minimum atomic E-state index is -0.186. The van der Waals surface area contributed by atoms with Gasteiger partial charge in [-0.25, -0.2) is 4.98 Å². The third-order valence-electron chi connectivity index (χ3n) is 4.12. The normalized spacial score (nSPS) is 10.9. The molecule has 5 nitrogen and oxygen atoms in total. The molecule has 3 rings (SSSR count). The maximum Gasteiger partial charge on any atom is 0.258 e. The average molecular weight is 402 g/mol. The second-order valence-electron chi connectivity index (χ2n) is 6.06. The van der Waals surface area contributed by atoms with Crippen molar-refractivity contribution in [3.63, 3.8) is 0 Å². The van der Waals surface area contributed by atoms with E-state index in [4.69, 9.17) is 11.6 Å². The molecule has 0 radical (unpaired) electrons. The van der Waals surface area contributed by atoms with E-state index in [1.165, 1.54) is 0 Å². The summed E-state index contributed by atoms with van der Waals surface area (Å²) < 4.78 is 0. The van der Waals surface area contributed by atoms with Crippen molar-refractivity contribution in [1.82, 2.24) is 14.9 Å². The van der Waals surface area contributed by atoms with Crippen LogP contribution in [0.5, 0.6) is 0 Å². The van der Waals surface area contributed by atoms with Gasteiger partial charge in [-0.05, 0) is 36.8 Å². The molecule has 0 spiro atoms. The fourth-order valence-electron chi connectivity index (χ4n) is 2.74. The first kappa shape index (κ1) is 19.5. The van der Waals surface area contributed by atoms with E-state index >= 15 is 0 Å². The Hall–Kier alpha value is -2.31. The molecule has 140 valence electrons. The summed E-state index contributed by atoms with van der Waals surface area (Å²) in [6, 6.07) is 14.8. The lowest BCUT2D eigenvalue weighted by atomic mass is 10.2. The molecule has 0 bridgehead atoms. The number of benzene rings is 2. The number of fused-ring (bicyclic) bond motifs is 1. The standard InChI is InChI=1S/C20H20ClN3O2S/c1-2-24(19(25)13-27-12-14-6-5-7-15(21)10-14)11-18-22-17-9-4-3-8-16(17)20(26)23-18/h3-10H,2,11-13H2,1H3,(H,22,23,26). The van der Waals surface area contributed by atoms with Crippen molar-refractivity contribution in [2.45, 2.75) is 19.2 Å². The second kappa shape index (κ2) is 9.06. The van der Waals surface area contributed by atoms with Gasteiger partial charge >= 0.3 is 0 Å². The van der Waals surface area contributed by atoms with Gasteiger partial charge < -0.3 is 9.88 Å². The van der Waals surface area contributed by atoms with Gasteiger partial charge in [-0.2, -0.15) is 0 Å². The van der Waals surface area contributed by atoms with Gasteiger partial charge in [0.1, 0.15) is 5.82 Å². The summed E-state index contributed by atoms with van der Waals surface area (Å²) >= 11 is 7.52. The Morgan fingerprint density at radius 3 is 2.81 bits per heavy atom. The van der Waals surface area contributed by atoms with Crippen LogP contribution < -0.4 is 5.56 Å². The molecule has 0 unspecified atom stereocenters. The Bertz CT molecular complexity index is 1010. The van der Waals surface area contributed by atoms with Crippen molar-refractivity contribution in [3.8, 4) is 0 Å². The molecule has 0 atom stereocenters. The van der Waals surface area contributed by atoms with Gasteiger partial charge in [0.05, 0.1) is 23.2 Å². The molecular weight excluding hydrogens is 382 g/mol. The molecule has 7 heteroatoms. The monoisotopic (exact) mass is 401 g/mol. The van der Waals surface area contributed by atoms with Crippen LogP contribution in [0.2, 0.25) is 5.02 Å². The van der Waals surface area contributed by atoms with E-state index in [0.29, 0.717) is 34.0 Å². The molecule has 0 saturated heterocycles. The highest BCUT2D eigenvalue weighted by molar-refractivity contribution is 7.99. The third kappa shape index (κ3) is 5.11. The molecule has 0 aliphatic rings. The van der Waals surface area contributed by atoms with E-state index in [1.807, 2.05) is 37.3 Å².